The Balaban J connectivity index is 2.16. The van der Waals surface area contributed by atoms with Gasteiger partial charge in [-0.15, -0.1) is 0 Å². The van der Waals surface area contributed by atoms with Gasteiger partial charge in [0.25, 0.3) is 0 Å². The SMILES string of the molecule is OC[C@H]1CN(c2ncc(Cl)cc2F)CCO1. The van der Waals surface area contributed by atoms with E-state index in [0.717, 1.165) is 0 Å². The first kappa shape index (κ1) is 11.6. The molecule has 1 aliphatic rings. The maximum Gasteiger partial charge on any atom is 0.167 e. The fraction of sp³-hybridized carbons (Fsp3) is 0.500. The number of aromatic nitrogens is 1. The molecule has 0 amide bonds. The molecule has 0 spiro atoms. The summed E-state index contributed by atoms with van der Waals surface area (Å²) in [7, 11) is 0. The molecule has 0 saturated carbocycles. The van der Waals surface area contributed by atoms with Crippen LogP contribution in [0.15, 0.2) is 12.3 Å². The lowest BCUT2D eigenvalue weighted by atomic mass is 10.2. The molecule has 6 heteroatoms. The number of morpholine rings is 1. The van der Waals surface area contributed by atoms with Crippen molar-refractivity contribution in [1.82, 2.24) is 4.98 Å². The second-order valence-corrected chi connectivity index (χ2v) is 4.02. The Labute approximate surface area is 97.6 Å². The number of anilines is 1. The summed E-state index contributed by atoms with van der Waals surface area (Å²) in [6, 6.07) is 1.23. The molecule has 1 aromatic heterocycles. The van der Waals surface area contributed by atoms with Gasteiger partial charge in [-0.2, -0.15) is 0 Å². The Morgan fingerprint density at radius 3 is 3.19 bits per heavy atom. The third kappa shape index (κ3) is 2.42. The second kappa shape index (κ2) is 4.95. The zero-order chi connectivity index (χ0) is 11.5. The first-order valence-electron chi connectivity index (χ1n) is 4.99. The van der Waals surface area contributed by atoms with E-state index < -0.39 is 5.82 Å². The molecule has 0 bridgehead atoms. The van der Waals surface area contributed by atoms with Crippen LogP contribution in [-0.2, 0) is 4.74 Å². The van der Waals surface area contributed by atoms with Crippen LogP contribution in [0.3, 0.4) is 0 Å². The van der Waals surface area contributed by atoms with E-state index in [9.17, 15) is 4.39 Å². The van der Waals surface area contributed by atoms with E-state index in [1.165, 1.54) is 12.3 Å². The molecule has 0 radical (unpaired) electrons. The molecule has 0 aliphatic carbocycles. The normalized spacial score (nSPS) is 21.2. The number of nitrogens with zero attached hydrogens (tertiary/aromatic N) is 2. The fourth-order valence-corrected chi connectivity index (χ4v) is 1.81. The predicted octanol–water partition coefficient (Wildman–Crippen LogP) is 1.07. The van der Waals surface area contributed by atoms with Gasteiger partial charge in [0.05, 0.1) is 24.3 Å². The molecule has 1 fully saturated rings. The molecule has 88 valence electrons. The monoisotopic (exact) mass is 246 g/mol. The Bertz CT molecular complexity index is 378. The molecule has 0 aromatic carbocycles. The zero-order valence-corrected chi connectivity index (χ0v) is 9.32. The topological polar surface area (TPSA) is 45.6 Å². The molecule has 0 unspecified atom stereocenters. The van der Waals surface area contributed by atoms with Crippen molar-refractivity contribution in [3.63, 3.8) is 0 Å². The summed E-state index contributed by atoms with van der Waals surface area (Å²) in [6.07, 6.45) is 1.12. The lowest BCUT2D eigenvalue weighted by molar-refractivity contribution is 0.00319. The Hall–Kier alpha value is -0.910. The number of hydrogen-bond acceptors (Lipinski definition) is 4. The standard InChI is InChI=1S/C10H12ClFN2O2/c11-7-3-9(12)10(13-4-7)14-1-2-16-8(5-14)6-15/h3-4,8,15H,1-2,5-6H2/t8-/m1/s1. The number of halogens is 2. The van der Waals surface area contributed by atoms with Gasteiger partial charge in [-0.3, -0.25) is 0 Å². The van der Waals surface area contributed by atoms with Gasteiger partial charge in [-0.25, -0.2) is 9.37 Å². The quantitative estimate of drug-likeness (QED) is 0.848. The summed E-state index contributed by atoms with van der Waals surface area (Å²) in [4.78, 5) is 5.70. The van der Waals surface area contributed by atoms with Gasteiger partial charge in [0.2, 0.25) is 0 Å². The van der Waals surface area contributed by atoms with E-state index in [1.54, 1.807) is 4.90 Å². The van der Waals surface area contributed by atoms with Crippen LogP contribution in [0.25, 0.3) is 0 Å². The van der Waals surface area contributed by atoms with Gasteiger partial charge in [-0.1, -0.05) is 11.6 Å². The number of aliphatic hydroxyl groups excluding tert-OH is 1. The molecule has 1 aliphatic heterocycles. The van der Waals surface area contributed by atoms with Gasteiger partial charge >= 0.3 is 0 Å². The van der Waals surface area contributed by atoms with Gasteiger partial charge < -0.3 is 14.7 Å². The molecule has 2 heterocycles. The molecular weight excluding hydrogens is 235 g/mol. The zero-order valence-electron chi connectivity index (χ0n) is 8.57. The molecule has 1 aromatic rings. The molecular formula is C10H12ClFN2O2. The molecule has 2 rings (SSSR count). The number of ether oxygens (including phenoxy) is 1. The van der Waals surface area contributed by atoms with E-state index in [2.05, 4.69) is 4.98 Å². The van der Waals surface area contributed by atoms with Gasteiger partial charge in [0.15, 0.2) is 11.6 Å². The smallest absolute Gasteiger partial charge is 0.167 e. The van der Waals surface area contributed by atoms with Crippen LogP contribution in [0.2, 0.25) is 5.02 Å². The highest BCUT2D eigenvalue weighted by Crippen LogP contribution is 2.21. The highest BCUT2D eigenvalue weighted by atomic mass is 35.5. The average molecular weight is 247 g/mol. The van der Waals surface area contributed by atoms with Gasteiger partial charge in [0.1, 0.15) is 0 Å². The van der Waals surface area contributed by atoms with Crippen molar-refractivity contribution >= 4 is 17.4 Å². The minimum absolute atomic E-state index is 0.0777. The number of rotatable bonds is 2. The van der Waals surface area contributed by atoms with E-state index in [4.69, 9.17) is 21.4 Å². The summed E-state index contributed by atoms with van der Waals surface area (Å²) in [5, 5.41) is 9.25. The summed E-state index contributed by atoms with van der Waals surface area (Å²) < 4.78 is 18.8. The summed E-state index contributed by atoms with van der Waals surface area (Å²) in [6.45, 7) is 1.37. The Morgan fingerprint density at radius 1 is 1.69 bits per heavy atom. The van der Waals surface area contributed by atoms with Crippen LogP contribution < -0.4 is 4.90 Å². The average Bonchev–Trinajstić information content (AvgIpc) is 2.29. The number of aliphatic hydroxyl groups is 1. The van der Waals surface area contributed by atoms with Crippen molar-refractivity contribution in [3.05, 3.63) is 23.1 Å². The van der Waals surface area contributed by atoms with Crippen LogP contribution in [0.1, 0.15) is 0 Å². The maximum absolute atomic E-state index is 13.6. The van der Waals surface area contributed by atoms with Crippen LogP contribution in [0, 0.1) is 5.82 Å². The van der Waals surface area contributed by atoms with Crippen molar-refractivity contribution in [2.24, 2.45) is 0 Å². The second-order valence-electron chi connectivity index (χ2n) is 3.58. The molecule has 4 nitrogen and oxygen atoms in total. The summed E-state index contributed by atoms with van der Waals surface area (Å²) >= 11 is 5.63. The highest BCUT2D eigenvalue weighted by Gasteiger charge is 2.22. The van der Waals surface area contributed by atoms with Crippen molar-refractivity contribution in [1.29, 1.82) is 0 Å². The number of pyridine rings is 1. The van der Waals surface area contributed by atoms with Gasteiger partial charge in [0, 0.05) is 19.3 Å². The van der Waals surface area contributed by atoms with E-state index in [1.807, 2.05) is 0 Å². The van der Waals surface area contributed by atoms with Crippen LogP contribution in [0.4, 0.5) is 10.2 Å². The first-order chi connectivity index (χ1) is 7.70. The van der Waals surface area contributed by atoms with Crippen molar-refractivity contribution in [2.75, 3.05) is 31.2 Å². The third-order valence-corrected chi connectivity index (χ3v) is 2.64. The van der Waals surface area contributed by atoms with Crippen LogP contribution in [-0.4, -0.2) is 42.5 Å². The van der Waals surface area contributed by atoms with Crippen molar-refractivity contribution in [2.45, 2.75) is 6.10 Å². The first-order valence-corrected chi connectivity index (χ1v) is 5.37. The lowest BCUT2D eigenvalue weighted by Crippen LogP contribution is -2.44. The molecule has 16 heavy (non-hydrogen) atoms. The predicted molar refractivity (Wildman–Crippen MR) is 58.2 cm³/mol. The van der Waals surface area contributed by atoms with E-state index >= 15 is 0 Å². The Kier molecular flexibility index (Phi) is 3.58. The molecule has 1 saturated heterocycles. The molecule has 1 atom stereocenters. The largest absolute Gasteiger partial charge is 0.394 e. The van der Waals surface area contributed by atoms with Crippen molar-refractivity contribution in [3.8, 4) is 0 Å². The lowest BCUT2D eigenvalue weighted by Gasteiger charge is -2.32. The maximum atomic E-state index is 13.6. The Morgan fingerprint density at radius 2 is 2.50 bits per heavy atom. The number of hydrogen-bond donors (Lipinski definition) is 1. The fourth-order valence-electron chi connectivity index (χ4n) is 1.66. The molecule has 1 N–H and O–H groups in total. The van der Waals surface area contributed by atoms with E-state index in [0.29, 0.717) is 19.7 Å². The third-order valence-electron chi connectivity index (χ3n) is 2.43. The minimum Gasteiger partial charge on any atom is -0.394 e. The van der Waals surface area contributed by atoms with Crippen LogP contribution >= 0.6 is 11.6 Å². The van der Waals surface area contributed by atoms with Gasteiger partial charge in [-0.05, 0) is 6.07 Å². The minimum atomic E-state index is -0.453. The highest BCUT2D eigenvalue weighted by molar-refractivity contribution is 6.30. The van der Waals surface area contributed by atoms with Crippen molar-refractivity contribution < 1.29 is 14.2 Å². The van der Waals surface area contributed by atoms with E-state index in [-0.39, 0.29) is 23.6 Å². The van der Waals surface area contributed by atoms with Crippen LogP contribution in [0.5, 0.6) is 0 Å². The summed E-state index contributed by atoms with van der Waals surface area (Å²) in [5.74, 6) is -0.197. The summed E-state index contributed by atoms with van der Waals surface area (Å²) in [5.41, 5.74) is 0.